The number of amides is 2. The Morgan fingerprint density at radius 2 is 1.88 bits per heavy atom. The van der Waals surface area contributed by atoms with Gasteiger partial charge in [-0.1, -0.05) is 26.0 Å². The first-order valence-electron chi connectivity index (χ1n) is 8.63. The highest BCUT2D eigenvalue weighted by Crippen LogP contribution is 2.50. The summed E-state index contributed by atoms with van der Waals surface area (Å²) >= 11 is 0. The topological polar surface area (TPSA) is 84.7 Å². The van der Waals surface area contributed by atoms with Crippen LogP contribution in [0.25, 0.3) is 0 Å². The number of nitrogens with zero attached hydrogens (tertiary/aromatic N) is 1. The summed E-state index contributed by atoms with van der Waals surface area (Å²) in [5.74, 6) is -0.165. The highest BCUT2D eigenvalue weighted by atomic mass is 16.5. The van der Waals surface area contributed by atoms with Crippen molar-refractivity contribution in [3.8, 4) is 0 Å². The smallest absolute Gasteiger partial charge is 0.245 e. The summed E-state index contributed by atoms with van der Waals surface area (Å²) in [6.45, 7) is 6.48. The zero-order valence-corrected chi connectivity index (χ0v) is 15.8. The Labute approximate surface area is 149 Å². The standard InChI is InChI=1S/C19H29N3O3/c1-6-25-15-12-19(20,18(15,2)3)17(24)21-14-9-7-13(8-10-14)11-16(23)22(4)5/h7-10,15H,6,11-12,20H2,1-5H3,(H,21,24). The lowest BCUT2D eigenvalue weighted by Gasteiger charge is -2.57. The largest absolute Gasteiger partial charge is 0.378 e. The number of carbonyl (C=O) groups excluding carboxylic acids is 2. The number of likely N-dealkylation sites (N-methyl/N-ethyl adjacent to an activating group) is 1. The predicted octanol–water partition coefficient (Wildman–Crippen LogP) is 1.79. The van der Waals surface area contributed by atoms with Gasteiger partial charge in [0.05, 0.1) is 12.5 Å². The second-order valence-corrected chi connectivity index (χ2v) is 7.46. The lowest BCUT2D eigenvalue weighted by molar-refractivity contribution is -0.166. The van der Waals surface area contributed by atoms with Gasteiger partial charge in [0.2, 0.25) is 11.8 Å². The fraction of sp³-hybridized carbons (Fsp3) is 0.579. The van der Waals surface area contributed by atoms with Crippen molar-refractivity contribution < 1.29 is 14.3 Å². The number of hydrogen-bond donors (Lipinski definition) is 2. The molecule has 0 radical (unpaired) electrons. The van der Waals surface area contributed by atoms with E-state index in [-0.39, 0.29) is 17.9 Å². The number of carbonyl (C=O) groups is 2. The molecule has 2 amide bonds. The van der Waals surface area contributed by atoms with E-state index in [1.54, 1.807) is 31.1 Å². The van der Waals surface area contributed by atoms with Gasteiger partial charge < -0.3 is 20.7 Å². The van der Waals surface area contributed by atoms with E-state index in [0.29, 0.717) is 25.1 Å². The molecule has 6 heteroatoms. The summed E-state index contributed by atoms with van der Waals surface area (Å²) < 4.78 is 5.66. The zero-order valence-electron chi connectivity index (χ0n) is 15.8. The van der Waals surface area contributed by atoms with Gasteiger partial charge in [0.1, 0.15) is 5.54 Å². The van der Waals surface area contributed by atoms with Gasteiger partial charge >= 0.3 is 0 Å². The number of ether oxygens (including phenoxy) is 1. The molecule has 2 rings (SSSR count). The van der Waals surface area contributed by atoms with Crippen LogP contribution in [0.15, 0.2) is 24.3 Å². The molecule has 0 saturated heterocycles. The lowest BCUT2D eigenvalue weighted by Crippen LogP contribution is -2.74. The first-order chi connectivity index (χ1) is 11.6. The van der Waals surface area contributed by atoms with Crippen LogP contribution in [-0.2, 0) is 20.7 Å². The molecule has 1 aromatic rings. The minimum absolute atomic E-state index is 0.00679. The van der Waals surface area contributed by atoms with Crippen LogP contribution >= 0.6 is 0 Å². The van der Waals surface area contributed by atoms with Crippen molar-refractivity contribution in [1.82, 2.24) is 4.90 Å². The van der Waals surface area contributed by atoms with Crippen molar-refractivity contribution in [2.24, 2.45) is 11.1 Å². The van der Waals surface area contributed by atoms with Crippen molar-refractivity contribution in [1.29, 1.82) is 0 Å². The molecule has 138 valence electrons. The van der Waals surface area contributed by atoms with E-state index < -0.39 is 11.0 Å². The van der Waals surface area contributed by atoms with Crippen molar-refractivity contribution >= 4 is 17.5 Å². The first-order valence-corrected chi connectivity index (χ1v) is 8.63. The van der Waals surface area contributed by atoms with Crippen LogP contribution in [0.5, 0.6) is 0 Å². The molecule has 25 heavy (non-hydrogen) atoms. The quantitative estimate of drug-likeness (QED) is 0.822. The Hall–Kier alpha value is -1.92. The van der Waals surface area contributed by atoms with E-state index in [1.165, 1.54) is 0 Å². The number of rotatable bonds is 6. The highest BCUT2D eigenvalue weighted by Gasteiger charge is 2.62. The third kappa shape index (κ3) is 3.70. The number of anilines is 1. The molecular formula is C19H29N3O3. The Balaban J connectivity index is 2.00. The molecule has 2 atom stereocenters. The molecule has 0 bridgehead atoms. The van der Waals surface area contributed by atoms with Gasteiger partial charge in [0.25, 0.3) is 0 Å². The van der Waals surface area contributed by atoms with Crippen LogP contribution in [0.3, 0.4) is 0 Å². The van der Waals surface area contributed by atoms with E-state index in [1.807, 2.05) is 32.9 Å². The van der Waals surface area contributed by atoms with Gasteiger partial charge in [-0.25, -0.2) is 0 Å². The van der Waals surface area contributed by atoms with Crippen LogP contribution in [0.1, 0.15) is 32.8 Å². The maximum Gasteiger partial charge on any atom is 0.245 e. The van der Waals surface area contributed by atoms with Crippen LogP contribution in [0, 0.1) is 5.41 Å². The Kier molecular flexibility index (Phi) is 5.54. The summed E-state index contributed by atoms with van der Waals surface area (Å²) in [5, 5.41) is 2.89. The van der Waals surface area contributed by atoms with Gasteiger partial charge in [-0.05, 0) is 24.6 Å². The van der Waals surface area contributed by atoms with Crippen LogP contribution in [-0.4, -0.2) is 49.1 Å². The van der Waals surface area contributed by atoms with E-state index in [2.05, 4.69) is 5.32 Å². The van der Waals surface area contributed by atoms with E-state index in [9.17, 15) is 9.59 Å². The van der Waals surface area contributed by atoms with Gasteiger partial charge in [-0.15, -0.1) is 0 Å². The summed E-state index contributed by atoms with van der Waals surface area (Å²) in [5.41, 5.74) is 6.58. The van der Waals surface area contributed by atoms with Gasteiger partial charge in [-0.2, -0.15) is 0 Å². The maximum atomic E-state index is 12.7. The lowest BCUT2D eigenvalue weighted by atomic mass is 9.54. The van der Waals surface area contributed by atoms with Crippen molar-refractivity contribution in [3.05, 3.63) is 29.8 Å². The molecule has 1 saturated carbocycles. The zero-order chi connectivity index (χ0) is 18.8. The van der Waals surface area contributed by atoms with E-state index >= 15 is 0 Å². The predicted molar refractivity (Wildman–Crippen MR) is 98.2 cm³/mol. The monoisotopic (exact) mass is 347 g/mol. The Morgan fingerprint density at radius 3 is 2.36 bits per heavy atom. The first kappa shape index (κ1) is 19.4. The van der Waals surface area contributed by atoms with Gasteiger partial charge in [-0.3, -0.25) is 9.59 Å². The second kappa shape index (κ2) is 7.14. The van der Waals surface area contributed by atoms with Gasteiger partial charge in [0.15, 0.2) is 0 Å². The minimum Gasteiger partial charge on any atom is -0.378 e. The summed E-state index contributed by atoms with van der Waals surface area (Å²) in [6, 6.07) is 7.28. The molecule has 2 unspecified atom stereocenters. The molecule has 1 aliphatic rings. The summed E-state index contributed by atoms with van der Waals surface area (Å²) in [4.78, 5) is 26.0. The van der Waals surface area contributed by atoms with Crippen LogP contribution in [0.4, 0.5) is 5.69 Å². The number of benzene rings is 1. The molecule has 0 aromatic heterocycles. The Bertz CT molecular complexity index is 640. The summed E-state index contributed by atoms with van der Waals surface area (Å²) in [7, 11) is 3.46. The molecule has 1 fully saturated rings. The molecule has 0 heterocycles. The SMILES string of the molecule is CCOC1CC(N)(C(=O)Nc2ccc(CC(=O)N(C)C)cc2)C1(C)C. The third-order valence-electron chi connectivity index (χ3n) is 5.30. The van der Waals surface area contributed by atoms with Gasteiger partial charge in [0, 0.05) is 38.2 Å². The fourth-order valence-corrected chi connectivity index (χ4v) is 3.10. The third-order valence-corrected chi connectivity index (χ3v) is 5.30. The molecule has 3 N–H and O–H groups in total. The number of nitrogens with two attached hydrogens (primary N) is 1. The molecule has 0 aliphatic heterocycles. The molecule has 0 spiro atoms. The highest BCUT2D eigenvalue weighted by molar-refractivity contribution is 5.99. The van der Waals surface area contributed by atoms with E-state index in [0.717, 1.165) is 5.56 Å². The number of nitrogens with one attached hydrogen (secondary N) is 1. The molecular weight excluding hydrogens is 318 g/mol. The van der Waals surface area contributed by atoms with E-state index in [4.69, 9.17) is 10.5 Å². The average Bonchev–Trinajstić information content (AvgIpc) is 2.56. The summed E-state index contributed by atoms with van der Waals surface area (Å²) in [6.07, 6.45) is 0.841. The Morgan fingerprint density at radius 1 is 1.28 bits per heavy atom. The number of hydrogen-bond acceptors (Lipinski definition) is 4. The average molecular weight is 347 g/mol. The van der Waals surface area contributed by atoms with Crippen molar-refractivity contribution in [2.75, 3.05) is 26.0 Å². The second-order valence-electron chi connectivity index (χ2n) is 7.46. The van der Waals surface area contributed by atoms with Crippen LogP contribution < -0.4 is 11.1 Å². The fourth-order valence-electron chi connectivity index (χ4n) is 3.10. The van der Waals surface area contributed by atoms with Crippen molar-refractivity contribution in [2.45, 2.75) is 45.3 Å². The maximum absolute atomic E-state index is 12.7. The molecule has 1 aliphatic carbocycles. The normalized spacial score (nSPS) is 24.3. The molecule has 1 aromatic carbocycles. The van der Waals surface area contributed by atoms with Crippen LogP contribution in [0.2, 0.25) is 0 Å². The molecule has 6 nitrogen and oxygen atoms in total. The minimum atomic E-state index is -0.952. The van der Waals surface area contributed by atoms with Crippen molar-refractivity contribution in [3.63, 3.8) is 0 Å².